The van der Waals surface area contributed by atoms with Gasteiger partial charge < -0.3 is 19.9 Å². The van der Waals surface area contributed by atoms with E-state index in [0.29, 0.717) is 31.1 Å². The van der Waals surface area contributed by atoms with Crippen LogP contribution in [-0.4, -0.2) is 52.8 Å². The Morgan fingerprint density at radius 2 is 1.96 bits per heavy atom. The number of hydrogen-bond donors (Lipinski definition) is 1. The van der Waals surface area contributed by atoms with Crippen molar-refractivity contribution in [2.45, 2.75) is 58.0 Å². The number of anilines is 2. The predicted molar refractivity (Wildman–Crippen MR) is 95.9 cm³/mol. The molecule has 6 nitrogen and oxygen atoms in total. The Balaban J connectivity index is 1.86. The fourth-order valence-electron chi connectivity index (χ4n) is 3.51. The van der Waals surface area contributed by atoms with Gasteiger partial charge in [-0.15, -0.1) is 0 Å². The summed E-state index contributed by atoms with van der Waals surface area (Å²) >= 11 is 0. The smallest absolute Gasteiger partial charge is 0.417 e. The number of pyridine rings is 1. The van der Waals surface area contributed by atoms with Crippen LogP contribution >= 0.6 is 0 Å². The van der Waals surface area contributed by atoms with E-state index in [9.17, 15) is 18.0 Å². The normalized spacial score (nSPS) is 21.9. The SMILES string of the molecule is CC(C)(C)OC(=O)N1CCN2c3ncc(C(F)(F)F)cc3NC(C)(C)[C@H]2C1. The van der Waals surface area contributed by atoms with Crippen LogP contribution in [0.25, 0.3) is 0 Å². The number of aromatic nitrogens is 1. The number of fused-ring (bicyclic) bond motifs is 3. The van der Waals surface area contributed by atoms with Crippen molar-refractivity contribution >= 4 is 17.6 Å². The van der Waals surface area contributed by atoms with Crippen molar-refractivity contribution in [1.29, 1.82) is 0 Å². The molecule has 1 amide bonds. The number of ether oxygens (including phenoxy) is 1. The van der Waals surface area contributed by atoms with Crippen LogP contribution in [0.1, 0.15) is 40.2 Å². The predicted octanol–water partition coefficient (Wildman–Crippen LogP) is 3.73. The molecule has 0 aromatic carbocycles. The molecule has 2 aliphatic heterocycles. The van der Waals surface area contributed by atoms with E-state index in [0.717, 1.165) is 12.3 Å². The van der Waals surface area contributed by atoms with Crippen molar-refractivity contribution in [1.82, 2.24) is 9.88 Å². The topological polar surface area (TPSA) is 57.7 Å². The van der Waals surface area contributed by atoms with Gasteiger partial charge in [0.1, 0.15) is 5.60 Å². The van der Waals surface area contributed by atoms with E-state index < -0.39 is 22.9 Å². The zero-order chi connectivity index (χ0) is 20.2. The van der Waals surface area contributed by atoms with Gasteiger partial charge >= 0.3 is 12.3 Å². The van der Waals surface area contributed by atoms with Crippen molar-refractivity contribution in [2.75, 3.05) is 29.9 Å². The molecule has 1 fully saturated rings. The van der Waals surface area contributed by atoms with Gasteiger partial charge in [-0.2, -0.15) is 13.2 Å². The van der Waals surface area contributed by atoms with Crippen molar-refractivity contribution in [3.63, 3.8) is 0 Å². The lowest BCUT2D eigenvalue weighted by Crippen LogP contribution is -2.66. The third-order valence-corrected chi connectivity index (χ3v) is 4.79. The molecule has 9 heteroatoms. The maximum absolute atomic E-state index is 13.0. The minimum absolute atomic E-state index is 0.143. The van der Waals surface area contributed by atoms with Gasteiger partial charge in [0.25, 0.3) is 0 Å². The van der Waals surface area contributed by atoms with Gasteiger partial charge in [-0.05, 0) is 40.7 Å². The molecule has 1 atom stereocenters. The maximum atomic E-state index is 13.0. The van der Waals surface area contributed by atoms with Crippen LogP contribution in [0.3, 0.4) is 0 Å². The average Bonchev–Trinajstić information content (AvgIpc) is 2.51. The highest BCUT2D eigenvalue weighted by atomic mass is 19.4. The van der Waals surface area contributed by atoms with Gasteiger partial charge in [-0.1, -0.05) is 0 Å². The first-order chi connectivity index (χ1) is 12.3. The zero-order valence-electron chi connectivity index (χ0n) is 16.1. The van der Waals surface area contributed by atoms with Crippen LogP contribution in [0.2, 0.25) is 0 Å². The Morgan fingerprint density at radius 1 is 1.30 bits per heavy atom. The van der Waals surface area contributed by atoms with Crippen LogP contribution in [0.15, 0.2) is 12.3 Å². The summed E-state index contributed by atoms with van der Waals surface area (Å²) < 4.78 is 44.5. The summed E-state index contributed by atoms with van der Waals surface area (Å²) in [6, 6.07) is 0.955. The molecule has 1 N–H and O–H groups in total. The van der Waals surface area contributed by atoms with E-state index in [4.69, 9.17) is 4.74 Å². The summed E-state index contributed by atoms with van der Waals surface area (Å²) in [5, 5.41) is 3.17. The van der Waals surface area contributed by atoms with Gasteiger partial charge in [0.2, 0.25) is 0 Å². The highest BCUT2D eigenvalue weighted by molar-refractivity contribution is 5.73. The lowest BCUT2D eigenvalue weighted by molar-refractivity contribution is -0.137. The molecular weight excluding hydrogens is 361 g/mol. The van der Waals surface area contributed by atoms with Gasteiger partial charge in [-0.25, -0.2) is 9.78 Å². The van der Waals surface area contributed by atoms with E-state index in [-0.39, 0.29) is 12.1 Å². The third kappa shape index (κ3) is 3.91. The molecule has 3 rings (SSSR count). The molecule has 0 aliphatic carbocycles. The summed E-state index contributed by atoms with van der Waals surface area (Å²) in [5.41, 5.74) is -1.57. The van der Waals surface area contributed by atoms with Crippen LogP contribution < -0.4 is 10.2 Å². The van der Waals surface area contributed by atoms with Crippen molar-refractivity contribution in [3.05, 3.63) is 17.8 Å². The minimum Gasteiger partial charge on any atom is -0.444 e. The van der Waals surface area contributed by atoms with Gasteiger partial charge in [0, 0.05) is 25.8 Å². The van der Waals surface area contributed by atoms with Gasteiger partial charge in [-0.3, -0.25) is 0 Å². The fourth-order valence-corrected chi connectivity index (χ4v) is 3.51. The van der Waals surface area contributed by atoms with Gasteiger partial charge in [0.15, 0.2) is 5.82 Å². The highest BCUT2D eigenvalue weighted by Crippen LogP contribution is 2.41. The molecule has 0 spiro atoms. The van der Waals surface area contributed by atoms with Gasteiger partial charge in [0.05, 0.1) is 22.8 Å². The first kappa shape index (κ1) is 19.6. The second-order valence-corrected chi connectivity index (χ2v) is 8.58. The number of carbonyl (C=O) groups is 1. The number of carbonyl (C=O) groups excluding carboxylic acids is 1. The zero-order valence-corrected chi connectivity index (χ0v) is 16.1. The summed E-state index contributed by atoms with van der Waals surface area (Å²) in [7, 11) is 0. The summed E-state index contributed by atoms with van der Waals surface area (Å²) in [6.07, 6.45) is -3.97. The van der Waals surface area contributed by atoms with Crippen LogP contribution in [0.4, 0.5) is 29.5 Å². The number of hydrogen-bond acceptors (Lipinski definition) is 5. The van der Waals surface area contributed by atoms with E-state index in [1.54, 1.807) is 4.90 Å². The Kier molecular flexibility index (Phi) is 4.47. The van der Waals surface area contributed by atoms with E-state index in [1.165, 1.54) is 0 Å². The largest absolute Gasteiger partial charge is 0.444 e. The second kappa shape index (κ2) is 6.17. The number of piperazine rings is 1. The lowest BCUT2D eigenvalue weighted by atomic mass is 9.88. The molecule has 0 bridgehead atoms. The van der Waals surface area contributed by atoms with E-state index >= 15 is 0 Å². The highest BCUT2D eigenvalue weighted by Gasteiger charge is 2.45. The molecule has 1 saturated heterocycles. The molecule has 3 heterocycles. The minimum atomic E-state index is -4.44. The second-order valence-electron chi connectivity index (χ2n) is 8.58. The standard InChI is InChI=1S/C18H25F3N4O2/c1-16(2,3)27-15(26)24-6-7-25-13(10-24)17(4,5)23-12-8-11(18(19,20)21)9-22-14(12)25/h8-9,13,23H,6-7,10H2,1-5H3/t13-/m1/s1. The Morgan fingerprint density at radius 3 is 2.56 bits per heavy atom. The quantitative estimate of drug-likeness (QED) is 0.736. The monoisotopic (exact) mass is 386 g/mol. The number of nitrogens with zero attached hydrogens (tertiary/aromatic N) is 3. The molecule has 0 radical (unpaired) electrons. The summed E-state index contributed by atoms with van der Waals surface area (Å²) in [4.78, 5) is 20.1. The van der Waals surface area contributed by atoms with E-state index in [2.05, 4.69) is 10.3 Å². The molecule has 0 unspecified atom stereocenters. The first-order valence-electron chi connectivity index (χ1n) is 8.88. The van der Waals surface area contributed by atoms with Crippen molar-refractivity contribution < 1.29 is 22.7 Å². The van der Waals surface area contributed by atoms with Crippen LogP contribution in [-0.2, 0) is 10.9 Å². The molecule has 1 aromatic rings. The Hall–Kier alpha value is -2.19. The van der Waals surface area contributed by atoms with Crippen LogP contribution in [0, 0.1) is 0 Å². The summed E-state index contributed by atoms with van der Waals surface area (Å²) in [5.74, 6) is 0.483. The Labute approximate surface area is 156 Å². The molecule has 1 aromatic heterocycles. The van der Waals surface area contributed by atoms with Crippen molar-refractivity contribution in [2.24, 2.45) is 0 Å². The third-order valence-electron chi connectivity index (χ3n) is 4.79. The number of halogens is 3. The number of alkyl halides is 3. The Bertz CT molecular complexity index is 743. The number of amides is 1. The van der Waals surface area contributed by atoms with Crippen molar-refractivity contribution in [3.8, 4) is 0 Å². The molecule has 0 saturated carbocycles. The first-order valence-corrected chi connectivity index (χ1v) is 8.88. The molecule has 2 aliphatic rings. The fraction of sp³-hybridized carbons (Fsp3) is 0.667. The number of nitrogens with one attached hydrogen (secondary N) is 1. The number of rotatable bonds is 0. The maximum Gasteiger partial charge on any atom is 0.417 e. The lowest BCUT2D eigenvalue weighted by Gasteiger charge is -2.53. The van der Waals surface area contributed by atoms with E-state index in [1.807, 2.05) is 39.5 Å². The van der Waals surface area contributed by atoms with Crippen LogP contribution in [0.5, 0.6) is 0 Å². The molecular formula is C18H25F3N4O2. The molecule has 27 heavy (non-hydrogen) atoms. The average molecular weight is 386 g/mol. The molecule has 150 valence electrons. The summed E-state index contributed by atoms with van der Waals surface area (Å²) in [6.45, 7) is 10.5.